The number of halogens is 2. The number of amides is 2. The third kappa shape index (κ3) is 3.57. The molecule has 0 aromatic heterocycles. The van der Waals surface area contributed by atoms with Crippen molar-refractivity contribution in [1.29, 1.82) is 0 Å². The van der Waals surface area contributed by atoms with E-state index in [0.717, 1.165) is 5.69 Å². The molecular formula is C16H13Cl2N3O2. The first-order valence-corrected chi connectivity index (χ1v) is 7.70. The van der Waals surface area contributed by atoms with Crippen LogP contribution in [0.15, 0.2) is 42.5 Å². The van der Waals surface area contributed by atoms with Gasteiger partial charge in [-0.2, -0.15) is 0 Å². The molecule has 7 heteroatoms. The first-order valence-electron chi connectivity index (χ1n) is 6.94. The Hall–Kier alpha value is -2.24. The number of nitrogens with one attached hydrogen (secondary N) is 3. The maximum atomic E-state index is 12.1. The van der Waals surface area contributed by atoms with Crippen LogP contribution in [0.25, 0.3) is 0 Å². The zero-order valence-electron chi connectivity index (χ0n) is 11.9. The fourth-order valence-electron chi connectivity index (χ4n) is 2.31. The van der Waals surface area contributed by atoms with Gasteiger partial charge in [-0.1, -0.05) is 35.3 Å². The molecule has 3 N–H and O–H groups in total. The molecule has 3 rings (SSSR count). The van der Waals surface area contributed by atoms with Gasteiger partial charge < -0.3 is 16.0 Å². The van der Waals surface area contributed by atoms with Crippen LogP contribution in [-0.2, 0) is 9.59 Å². The van der Waals surface area contributed by atoms with Gasteiger partial charge in [-0.05, 0) is 30.3 Å². The molecule has 0 saturated carbocycles. The Balaban J connectivity index is 1.66. The third-order valence-corrected chi connectivity index (χ3v) is 4.16. The fraction of sp³-hybridized carbons (Fsp3) is 0.125. The van der Waals surface area contributed by atoms with Crippen molar-refractivity contribution in [3.05, 3.63) is 52.5 Å². The van der Waals surface area contributed by atoms with Gasteiger partial charge in [0.2, 0.25) is 11.8 Å². The molecule has 0 fully saturated rings. The first kappa shape index (κ1) is 15.6. The van der Waals surface area contributed by atoms with E-state index in [4.69, 9.17) is 23.2 Å². The van der Waals surface area contributed by atoms with E-state index in [2.05, 4.69) is 16.0 Å². The summed E-state index contributed by atoms with van der Waals surface area (Å²) in [6, 6.07) is 11.5. The summed E-state index contributed by atoms with van der Waals surface area (Å²) in [7, 11) is 0. The van der Waals surface area contributed by atoms with Crippen molar-refractivity contribution in [3.8, 4) is 0 Å². The van der Waals surface area contributed by atoms with E-state index >= 15 is 0 Å². The van der Waals surface area contributed by atoms with Gasteiger partial charge >= 0.3 is 0 Å². The second-order valence-electron chi connectivity index (χ2n) is 5.11. The molecule has 23 heavy (non-hydrogen) atoms. The van der Waals surface area contributed by atoms with Gasteiger partial charge in [0.25, 0.3) is 0 Å². The molecule has 1 aliphatic heterocycles. The van der Waals surface area contributed by atoms with Crippen LogP contribution in [0.5, 0.6) is 0 Å². The van der Waals surface area contributed by atoms with Crippen LogP contribution in [0.1, 0.15) is 6.42 Å². The molecular weight excluding hydrogens is 337 g/mol. The minimum Gasteiger partial charge on any atom is -0.372 e. The molecule has 1 atom stereocenters. The van der Waals surface area contributed by atoms with Crippen LogP contribution in [0.4, 0.5) is 17.1 Å². The summed E-state index contributed by atoms with van der Waals surface area (Å²) in [4.78, 5) is 24.2. The normalized spacial score (nSPS) is 16.1. The number of para-hydroxylation sites is 2. The lowest BCUT2D eigenvalue weighted by Crippen LogP contribution is -2.41. The van der Waals surface area contributed by atoms with Crippen molar-refractivity contribution in [2.45, 2.75) is 12.5 Å². The predicted octanol–water partition coefficient (Wildman–Crippen LogP) is 3.75. The topological polar surface area (TPSA) is 70.2 Å². The Labute approximate surface area is 143 Å². The molecule has 0 saturated heterocycles. The maximum absolute atomic E-state index is 12.1. The summed E-state index contributed by atoms with van der Waals surface area (Å²) in [5.41, 5.74) is 2.03. The molecule has 0 bridgehead atoms. The number of carbonyl (C=O) groups is 2. The van der Waals surface area contributed by atoms with Crippen LogP contribution >= 0.6 is 23.2 Å². The molecule has 0 unspecified atom stereocenters. The Kier molecular flexibility index (Phi) is 4.41. The van der Waals surface area contributed by atoms with Crippen LogP contribution in [0.3, 0.4) is 0 Å². The van der Waals surface area contributed by atoms with Gasteiger partial charge in [0.1, 0.15) is 6.04 Å². The van der Waals surface area contributed by atoms with Gasteiger partial charge in [0, 0.05) is 5.69 Å². The summed E-state index contributed by atoms with van der Waals surface area (Å²) < 4.78 is 0. The average molecular weight is 350 g/mol. The second kappa shape index (κ2) is 6.48. The molecule has 1 aliphatic rings. The Morgan fingerprint density at radius 2 is 1.83 bits per heavy atom. The lowest BCUT2D eigenvalue weighted by atomic mass is 10.1. The Morgan fingerprint density at radius 1 is 1.09 bits per heavy atom. The van der Waals surface area contributed by atoms with Crippen LogP contribution in [0, 0.1) is 0 Å². The van der Waals surface area contributed by atoms with E-state index in [0.29, 0.717) is 21.4 Å². The van der Waals surface area contributed by atoms with Crippen molar-refractivity contribution in [3.63, 3.8) is 0 Å². The summed E-state index contributed by atoms with van der Waals surface area (Å²) in [6.07, 6.45) is 0.000410. The summed E-state index contributed by atoms with van der Waals surface area (Å²) in [5.74, 6) is -0.539. The lowest BCUT2D eigenvalue weighted by Gasteiger charge is -2.26. The van der Waals surface area contributed by atoms with Crippen LogP contribution in [-0.4, -0.2) is 17.9 Å². The van der Waals surface area contributed by atoms with Gasteiger partial charge in [-0.3, -0.25) is 9.59 Å². The molecule has 1 heterocycles. The summed E-state index contributed by atoms with van der Waals surface area (Å²) >= 11 is 11.7. The van der Waals surface area contributed by atoms with Crippen molar-refractivity contribution < 1.29 is 9.59 Å². The quantitative estimate of drug-likeness (QED) is 0.790. The Morgan fingerprint density at radius 3 is 2.57 bits per heavy atom. The molecule has 2 aromatic rings. The van der Waals surface area contributed by atoms with E-state index in [1.807, 2.05) is 18.2 Å². The molecule has 0 aliphatic carbocycles. The molecule has 0 spiro atoms. The lowest BCUT2D eigenvalue weighted by molar-refractivity contribution is -0.122. The number of fused-ring (bicyclic) bond motifs is 1. The van der Waals surface area contributed by atoms with E-state index in [1.165, 1.54) is 0 Å². The van der Waals surface area contributed by atoms with Crippen molar-refractivity contribution in [1.82, 2.24) is 0 Å². The molecule has 2 aromatic carbocycles. The monoisotopic (exact) mass is 349 g/mol. The maximum Gasteiger partial charge on any atom is 0.247 e. The smallest absolute Gasteiger partial charge is 0.247 e. The highest BCUT2D eigenvalue weighted by molar-refractivity contribution is 6.42. The van der Waals surface area contributed by atoms with Crippen molar-refractivity contribution >= 4 is 52.1 Å². The highest BCUT2D eigenvalue weighted by Crippen LogP contribution is 2.27. The predicted molar refractivity (Wildman–Crippen MR) is 92.2 cm³/mol. The average Bonchev–Trinajstić information content (AvgIpc) is 2.51. The highest BCUT2D eigenvalue weighted by Gasteiger charge is 2.27. The molecule has 0 radical (unpaired) electrons. The van der Waals surface area contributed by atoms with Gasteiger partial charge in [0.05, 0.1) is 27.8 Å². The molecule has 2 amide bonds. The van der Waals surface area contributed by atoms with Gasteiger partial charge in [-0.15, -0.1) is 0 Å². The number of hydrogen-bond donors (Lipinski definition) is 3. The van der Waals surface area contributed by atoms with E-state index in [-0.39, 0.29) is 18.2 Å². The molecule has 118 valence electrons. The third-order valence-electron chi connectivity index (χ3n) is 3.42. The van der Waals surface area contributed by atoms with Crippen molar-refractivity contribution in [2.24, 2.45) is 0 Å². The van der Waals surface area contributed by atoms with Gasteiger partial charge in [0.15, 0.2) is 0 Å². The van der Waals surface area contributed by atoms with Crippen LogP contribution < -0.4 is 16.0 Å². The Bertz CT molecular complexity index is 780. The number of hydrogen-bond acceptors (Lipinski definition) is 3. The zero-order valence-corrected chi connectivity index (χ0v) is 13.4. The fourth-order valence-corrected chi connectivity index (χ4v) is 2.60. The van der Waals surface area contributed by atoms with Gasteiger partial charge in [-0.25, -0.2) is 0 Å². The van der Waals surface area contributed by atoms with E-state index in [1.54, 1.807) is 24.3 Å². The minimum atomic E-state index is -0.632. The highest BCUT2D eigenvalue weighted by atomic mass is 35.5. The first-order chi connectivity index (χ1) is 11.0. The van der Waals surface area contributed by atoms with Crippen LogP contribution in [0.2, 0.25) is 10.0 Å². The SMILES string of the molecule is O=C(C[C@H]1Nc2ccccc2NC1=O)Nc1ccc(Cl)c(Cl)c1. The number of benzene rings is 2. The number of anilines is 3. The molecule has 5 nitrogen and oxygen atoms in total. The largest absolute Gasteiger partial charge is 0.372 e. The number of carbonyl (C=O) groups excluding carboxylic acids is 2. The minimum absolute atomic E-state index is 0.000410. The van der Waals surface area contributed by atoms with Crippen molar-refractivity contribution in [2.75, 3.05) is 16.0 Å². The number of rotatable bonds is 3. The summed E-state index contributed by atoms with van der Waals surface area (Å²) in [6.45, 7) is 0. The van der Waals surface area contributed by atoms with E-state index in [9.17, 15) is 9.59 Å². The standard InChI is InChI=1S/C16H13Cl2N3O2/c17-10-6-5-9(7-11(10)18)19-15(22)8-14-16(23)21-13-4-2-1-3-12(13)20-14/h1-7,14,20H,8H2,(H,19,22)(H,21,23)/t14-/m1/s1. The van der Waals surface area contributed by atoms with E-state index < -0.39 is 6.04 Å². The zero-order chi connectivity index (χ0) is 16.4. The second-order valence-corrected chi connectivity index (χ2v) is 5.93. The summed E-state index contributed by atoms with van der Waals surface area (Å²) in [5, 5.41) is 9.30.